The lowest BCUT2D eigenvalue weighted by Gasteiger charge is -2.32. The van der Waals surface area contributed by atoms with Gasteiger partial charge in [-0.05, 0) is 17.7 Å². The number of phenolic OH excluding ortho intramolecular Hbond substituents is 1. The lowest BCUT2D eigenvalue weighted by molar-refractivity contribution is 0.177. The van der Waals surface area contributed by atoms with E-state index in [9.17, 15) is 18.6 Å². The molecule has 0 aromatic heterocycles. The van der Waals surface area contributed by atoms with Gasteiger partial charge in [0.1, 0.15) is 5.75 Å². The highest BCUT2D eigenvalue weighted by molar-refractivity contribution is 7.91. The zero-order chi connectivity index (χ0) is 16.4. The summed E-state index contributed by atoms with van der Waals surface area (Å²) in [6.45, 7) is 0.460. The van der Waals surface area contributed by atoms with Crippen LogP contribution in [-0.4, -0.2) is 42.3 Å². The second kappa shape index (κ2) is 6.22. The Morgan fingerprint density at radius 1 is 1.04 bits per heavy atom. The van der Waals surface area contributed by atoms with Crippen LogP contribution in [0.4, 0.5) is 5.69 Å². The summed E-state index contributed by atoms with van der Waals surface area (Å²) in [4.78, 5) is 1.85. The molecule has 0 unspecified atom stereocenters. The van der Waals surface area contributed by atoms with Crippen LogP contribution in [0, 0.1) is 0 Å². The molecule has 0 aliphatic carbocycles. The van der Waals surface area contributed by atoms with Crippen molar-refractivity contribution < 1.29 is 18.6 Å². The van der Waals surface area contributed by atoms with Crippen LogP contribution in [0.2, 0.25) is 0 Å². The van der Waals surface area contributed by atoms with Crippen molar-refractivity contribution in [1.82, 2.24) is 0 Å². The molecule has 0 spiro atoms. The molecule has 6 heteroatoms. The average Bonchev–Trinajstić information content (AvgIpc) is 2.78. The van der Waals surface area contributed by atoms with E-state index in [0.29, 0.717) is 12.2 Å². The van der Waals surface area contributed by atoms with E-state index in [0.717, 1.165) is 5.56 Å². The maximum absolute atomic E-state index is 11.9. The summed E-state index contributed by atoms with van der Waals surface area (Å²) < 4.78 is 23.7. The van der Waals surface area contributed by atoms with Gasteiger partial charge in [0.2, 0.25) is 0 Å². The molecule has 1 fully saturated rings. The number of aliphatic hydroxyl groups is 1. The van der Waals surface area contributed by atoms with Crippen molar-refractivity contribution in [3.05, 3.63) is 60.2 Å². The van der Waals surface area contributed by atoms with Crippen molar-refractivity contribution in [2.45, 2.75) is 18.7 Å². The van der Waals surface area contributed by atoms with Crippen LogP contribution in [0.3, 0.4) is 0 Å². The first-order chi connectivity index (χ1) is 10.9. The highest BCUT2D eigenvalue weighted by Gasteiger charge is 2.40. The zero-order valence-electron chi connectivity index (χ0n) is 12.5. The molecule has 0 amide bonds. The smallest absolute Gasteiger partial charge is 0.155 e. The molecule has 1 saturated heterocycles. The van der Waals surface area contributed by atoms with Gasteiger partial charge in [-0.3, -0.25) is 0 Å². The number of phenols is 1. The first kappa shape index (κ1) is 15.8. The third-order valence-corrected chi connectivity index (χ3v) is 5.75. The van der Waals surface area contributed by atoms with Crippen molar-refractivity contribution in [3.8, 4) is 5.75 Å². The zero-order valence-corrected chi connectivity index (χ0v) is 13.4. The van der Waals surface area contributed by atoms with Crippen LogP contribution in [0.25, 0.3) is 0 Å². The SMILES string of the molecule is O=S1(=O)C[C@@H](N(Cc2ccccc2)c2cccc(O)c2)[C@@H](O)C1. The molecule has 5 nitrogen and oxygen atoms in total. The summed E-state index contributed by atoms with van der Waals surface area (Å²) in [6, 6.07) is 15.8. The molecule has 2 N–H and O–H groups in total. The van der Waals surface area contributed by atoms with Gasteiger partial charge >= 0.3 is 0 Å². The summed E-state index contributed by atoms with van der Waals surface area (Å²) >= 11 is 0. The topological polar surface area (TPSA) is 77.8 Å². The van der Waals surface area contributed by atoms with Gasteiger partial charge in [-0.1, -0.05) is 36.4 Å². The molecule has 1 heterocycles. The number of hydrogen-bond donors (Lipinski definition) is 2. The van der Waals surface area contributed by atoms with Gasteiger partial charge in [-0.2, -0.15) is 0 Å². The van der Waals surface area contributed by atoms with Crippen LogP contribution in [0.5, 0.6) is 5.75 Å². The summed E-state index contributed by atoms with van der Waals surface area (Å²) in [6.07, 6.45) is -0.939. The van der Waals surface area contributed by atoms with Crippen LogP contribution in [0.15, 0.2) is 54.6 Å². The van der Waals surface area contributed by atoms with Crippen molar-refractivity contribution in [1.29, 1.82) is 0 Å². The van der Waals surface area contributed by atoms with Gasteiger partial charge in [0, 0.05) is 18.3 Å². The highest BCUT2D eigenvalue weighted by Crippen LogP contribution is 2.28. The summed E-state index contributed by atoms with van der Waals surface area (Å²) in [7, 11) is -3.25. The molecule has 0 saturated carbocycles. The predicted octanol–water partition coefficient (Wildman–Crippen LogP) is 1.56. The number of hydrogen-bond acceptors (Lipinski definition) is 5. The Morgan fingerprint density at radius 3 is 2.39 bits per heavy atom. The molecule has 122 valence electrons. The minimum Gasteiger partial charge on any atom is -0.508 e. The number of aromatic hydroxyl groups is 1. The quantitative estimate of drug-likeness (QED) is 0.888. The normalized spacial score (nSPS) is 22.8. The minimum atomic E-state index is -3.25. The van der Waals surface area contributed by atoms with Crippen LogP contribution in [-0.2, 0) is 16.4 Å². The van der Waals surface area contributed by atoms with E-state index in [1.807, 2.05) is 35.2 Å². The van der Waals surface area contributed by atoms with E-state index in [1.54, 1.807) is 24.3 Å². The molecule has 3 rings (SSSR count). The Balaban J connectivity index is 1.96. The van der Waals surface area contributed by atoms with Gasteiger partial charge < -0.3 is 15.1 Å². The summed E-state index contributed by atoms with van der Waals surface area (Å²) in [5.41, 5.74) is 1.70. The lowest BCUT2D eigenvalue weighted by Crippen LogP contribution is -2.42. The minimum absolute atomic E-state index is 0.0867. The monoisotopic (exact) mass is 333 g/mol. The number of sulfone groups is 1. The van der Waals surface area contributed by atoms with Crippen molar-refractivity contribution >= 4 is 15.5 Å². The largest absolute Gasteiger partial charge is 0.508 e. The number of benzene rings is 2. The van der Waals surface area contributed by atoms with Crippen molar-refractivity contribution in [2.24, 2.45) is 0 Å². The molecule has 2 atom stereocenters. The Morgan fingerprint density at radius 2 is 1.78 bits per heavy atom. The Kier molecular flexibility index (Phi) is 4.28. The van der Waals surface area contributed by atoms with Gasteiger partial charge in [-0.25, -0.2) is 8.42 Å². The van der Waals surface area contributed by atoms with Crippen LogP contribution in [0.1, 0.15) is 5.56 Å². The maximum atomic E-state index is 11.9. The molecule has 2 aromatic rings. The predicted molar refractivity (Wildman–Crippen MR) is 89.2 cm³/mol. The fourth-order valence-corrected chi connectivity index (χ4v) is 4.76. The van der Waals surface area contributed by atoms with E-state index in [-0.39, 0.29) is 17.3 Å². The van der Waals surface area contributed by atoms with E-state index in [1.165, 1.54) is 0 Å². The maximum Gasteiger partial charge on any atom is 0.155 e. The summed E-state index contributed by atoms with van der Waals surface area (Å²) in [5.74, 6) is -0.200. The number of nitrogens with zero attached hydrogens (tertiary/aromatic N) is 1. The molecule has 1 aliphatic heterocycles. The van der Waals surface area contributed by atoms with Crippen molar-refractivity contribution in [2.75, 3.05) is 16.4 Å². The molecule has 23 heavy (non-hydrogen) atoms. The number of anilines is 1. The lowest BCUT2D eigenvalue weighted by atomic mass is 10.1. The van der Waals surface area contributed by atoms with Gasteiger partial charge in [0.25, 0.3) is 0 Å². The number of rotatable bonds is 4. The second-order valence-electron chi connectivity index (χ2n) is 5.84. The molecular formula is C17H19NO4S. The van der Waals surface area contributed by atoms with Gasteiger partial charge in [0.15, 0.2) is 9.84 Å². The number of aliphatic hydroxyl groups excluding tert-OH is 1. The van der Waals surface area contributed by atoms with Crippen LogP contribution < -0.4 is 4.90 Å². The van der Waals surface area contributed by atoms with Gasteiger partial charge in [-0.15, -0.1) is 0 Å². The fraction of sp³-hybridized carbons (Fsp3) is 0.294. The Bertz CT molecular complexity index is 776. The molecule has 0 radical (unpaired) electrons. The molecule has 2 aromatic carbocycles. The molecule has 1 aliphatic rings. The Labute approximate surface area is 135 Å². The van der Waals surface area contributed by atoms with E-state index < -0.39 is 22.0 Å². The molecule has 0 bridgehead atoms. The van der Waals surface area contributed by atoms with Gasteiger partial charge in [0.05, 0.1) is 23.7 Å². The third kappa shape index (κ3) is 3.65. The fourth-order valence-electron chi connectivity index (χ4n) is 2.96. The Hall–Kier alpha value is -2.05. The highest BCUT2D eigenvalue weighted by atomic mass is 32.2. The molecular weight excluding hydrogens is 314 g/mol. The second-order valence-corrected chi connectivity index (χ2v) is 8.00. The average molecular weight is 333 g/mol. The standard InChI is InChI=1S/C17H19NO4S/c19-15-8-4-7-14(9-15)18(10-13-5-2-1-3-6-13)16-11-23(21,22)12-17(16)20/h1-9,16-17,19-20H,10-12H2/t16-,17+/m1/s1. The first-order valence-electron chi connectivity index (χ1n) is 7.43. The van der Waals surface area contributed by atoms with E-state index >= 15 is 0 Å². The van der Waals surface area contributed by atoms with E-state index in [2.05, 4.69) is 0 Å². The van der Waals surface area contributed by atoms with Crippen LogP contribution >= 0.6 is 0 Å². The third-order valence-electron chi connectivity index (χ3n) is 4.05. The first-order valence-corrected chi connectivity index (χ1v) is 9.25. The summed E-state index contributed by atoms with van der Waals surface area (Å²) in [5, 5.41) is 20.0. The van der Waals surface area contributed by atoms with Crippen molar-refractivity contribution in [3.63, 3.8) is 0 Å². The van der Waals surface area contributed by atoms with E-state index in [4.69, 9.17) is 0 Å².